The summed E-state index contributed by atoms with van der Waals surface area (Å²) >= 11 is 0.953. The van der Waals surface area contributed by atoms with Crippen LogP contribution in [0.3, 0.4) is 0 Å². The van der Waals surface area contributed by atoms with E-state index in [0.717, 1.165) is 23.5 Å². The quantitative estimate of drug-likeness (QED) is 0.625. The number of hydrogen-bond donors (Lipinski definition) is 2. The number of thiazole rings is 1. The van der Waals surface area contributed by atoms with Crippen LogP contribution in [0.25, 0.3) is 10.2 Å². The number of hydrogen-bond acceptors (Lipinski definition) is 6. The summed E-state index contributed by atoms with van der Waals surface area (Å²) in [4.78, 5) is 15.9. The molecule has 0 atom stereocenters. The first-order valence-electron chi connectivity index (χ1n) is 7.43. The molecule has 0 aliphatic heterocycles. The number of amides is 1. The molecule has 0 saturated heterocycles. The smallest absolute Gasteiger partial charge is 0.239 e. The normalized spacial score (nSPS) is 11.5. The van der Waals surface area contributed by atoms with Crippen molar-refractivity contribution in [2.45, 2.75) is 11.3 Å². The van der Waals surface area contributed by atoms with Crippen LogP contribution in [0.1, 0.15) is 6.42 Å². The molecule has 0 aliphatic rings. The van der Waals surface area contributed by atoms with Gasteiger partial charge in [0.05, 0.1) is 15.3 Å². The first kappa shape index (κ1) is 18.2. The number of carbonyl (C=O) groups is 1. The van der Waals surface area contributed by atoms with Crippen molar-refractivity contribution in [1.82, 2.24) is 10.4 Å². The van der Waals surface area contributed by atoms with Crippen LogP contribution in [-0.2, 0) is 14.6 Å². The Kier molecular flexibility index (Phi) is 5.14. The zero-order chi connectivity index (χ0) is 18.7. The summed E-state index contributed by atoms with van der Waals surface area (Å²) in [5.74, 6) is -2.45. The molecular weight excluding hydrogens is 384 g/mol. The molecule has 3 aromatic rings. The zero-order valence-electron chi connectivity index (χ0n) is 13.2. The molecule has 3 rings (SSSR count). The second-order valence-electron chi connectivity index (χ2n) is 5.31. The Balaban J connectivity index is 1.58. The minimum absolute atomic E-state index is 0.0141. The van der Waals surface area contributed by atoms with Gasteiger partial charge in [-0.05, 0) is 18.2 Å². The number of aromatic nitrogens is 1. The summed E-state index contributed by atoms with van der Waals surface area (Å²) in [5.41, 5.74) is 4.76. The van der Waals surface area contributed by atoms with E-state index in [-0.39, 0.29) is 32.4 Å². The molecule has 6 nitrogen and oxygen atoms in total. The molecule has 1 heterocycles. The van der Waals surface area contributed by atoms with Crippen LogP contribution in [0.15, 0.2) is 47.4 Å². The van der Waals surface area contributed by atoms with Crippen LogP contribution < -0.4 is 10.9 Å². The lowest BCUT2D eigenvalue weighted by atomic mass is 10.3. The largest absolute Gasteiger partial charge is 0.273 e. The van der Waals surface area contributed by atoms with E-state index >= 15 is 0 Å². The molecule has 0 unspecified atom stereocenters. The van der Waals surface area contributed by atoms with E-state index < -0.39 is 27.4 Å². The topological polar surface area (TPSA) is 88.2 Å². The molecular formula is C16H13F2N3O3S2. The van der Waals surface area contributed by atoms with E-state index in [9.17, 15) is 22.0 Å². The molecule has 0 aliphatic carbocycles. The van der Waals surface area contributed by atoms with Gasteiger partial charge in [0.1, 0.15) is 11.3 Å². The molecule has 2 N–H and O–H groups in total. The summed E-state index contributed by atoms with van der Waals surface area (Å²) < 4.78 is 51.3. The summed E-state index contributed by atoms with van der Waals surface area (Å²) in [6.45, 7) is 0. The fourth-order valence-electron chi connectivity index (χ4n) is 2.17. The number of anilines is 1. The molecule has 2 aromatic carbocycles. The Hall–Kier alpha value is -2.59. The third kappa shape index (κ3) is 4.14. The maximum Gasteiger partial charge on any atom is 0.239 e. The molecule has 0 radical (unpaired) electrons. The highest BCUT2D eigenvalue weighted by atomic mass is 32.2. The van der Waals surface area contributed by atoms with Crippen LogP contribution in [0.4, 0.5) is 13.9 Å². The zero-order valence-corrected chi connectivity index (χ0v) is 14.8. The van der Waals surface area contributed by atoms with Crippen LogP contribution in [0.2, 0.25) is 0 Å². The van der Waals surface area contributed by atoms with Crippen LogP contribution >= 0.6 is 11.3 Å². The van der Waals surface area contributed by atoms with Gasteiger partial charge in [0, 0.05) is 12.5 Å². The summed E-state index contributed by atoms with van der Waals surface area (Å²) in [6, 6.07) is 9.67. The predicted molar refractivity (Wildman–Crippen MR) is 94.4 cm³/mol. The minimum atomic E-state index is -3.56. The van der Waals surface area contributed by atoms with Crippen molar-refractivity contribution in [2.24, 2.45) is 0 Å². The third-order valence-corrected chi connectivity index (χ3v) is 6.07. The highest BCUT2D eigenvalue weighted by molar-refractivity contribution is 7.91. The average molecular weight is 397 g/mol. The fraction of sp³-hybridized carbons (Fsp3) is 0.125. The van der Waals surface area contributed by atoms with Crippen LogP contribution in [0.5, 0.6) is 0 Å². The van der Waals surface area contributed by atoms with Gasteiger partial charge < -0.3 is 0 Å². The molecule has 0 saturated carbocycles. The first-order chi connectivity index (χ1) is 12.3. The number of halogens is 2. The van der Waals surface area contributed by atoms with Crippen molar-refractivity contribution >= 4 is 42.4 Å². The van der Waals surface area contributed by atoms with Gasteiger partial charge in [-0.2, -0.15) is 0 Å². The number of nitrogens with one attached hydrogen (secondary N) is 2. The monoisotopic (exact) mass is 397 g/mol. The Bertz CT molecular complexity index is 1050. The number of sulfone groups is 1. The standard InChI is InChI=1S/C16H13F2N3O3S2/c17-10-8-12(18)15-13(9-10)25-16(19-15)21-20-14(22)6-7-26(23,24)11-4-2-1-3-5-11/h1-5,8-9H,6-7H2,(H,19,21)(H,20,22). The maximum absolute atomic E-state index is 13.6. The summed E-state index contributed by atoms with van der Waals surface area (Å²) in [6.07, 6.45) is -0.266. The van der Waals surface area contributed by atoms with Gasteiger partial charge in [-0.3, -0.25) is 15.6 Å². The van der Waals surface area contributed by atoms with Crippen molar-refractivity contribution in [3.8, 4) is 0 Å². The van der Waals surface area contributed by atoms with Gasteiger partial charge >= 0.3 is 0 Å². The molecule has 1 aromatic heterocycles. The molecule has 0 fully saturated rings. The Morgan fingerprint density at radius 1 is 1.15 bits per heavy atom. The van der Waals surface area contributed by atoms with Gasteiger partial charge in [0.2, 0.25) is 11.0 Å². The van der Waals surface area contributed by atoms with E-state index in [1.807, 2.05) is 0 Å². The fourth-order valence-corrected chi connectivity index (χ4v) is 4.29. The van der Waals surface area contributed by atoms with Crippen molar-refractivity contribution in [3.63, 3.8) is 0 Å². The number of fused-ring (bicyclic) bond motifs is 1. The third-order valence-electron chi connectivity index (χ3n) is 3.42. The van der Waals surface area contributed by atoms with Crippen molar-refractivity contribution in [3.05, 3.63) is 54.1 Å². The highest BCUT2D eigenvalue weighted by Gasteiger charge is 2.16. The van der Waals surface area contributed by atoms with Gasteiger partial charge in [0.25, 0.3) is 0 Å². The first-order valence-corrected chi connectivity index (χ1v) is 9.90. The van der Waals surface area contributed by atoms with E-state index in [2.05, 4.69) is 15.8 Å². The molecule has 1 amide bonds. The minimum Gasteiger partial charge on any atom is -0.273 e. The van der Waals surface area contributed by atoms with Gasteiger partial charge in [0.15, 0.2) is 15.7 Å². The Labute approximate surface area is 151 Å². The van der Waals surface area contributed by atoms with Crippen molar-refractivity contribution in [1.29, 1.82) is 0 Å². The number of rotatable bonds is 6. The van der Waals surface area contributed by atoms with E-state index in [4.69, 9.17) is 0 Å². The predicted octanol–water partition coefficient (Wildman–Crippen LogP) is 2.88. The van der Waals surface area contributed by atoms with E-state index in [1.165, 1.54) is 12.1 Å². The van der Waals surface area contributed by atoms with Crippen LogP contribution in [0, 0.1) is 11.6 Å². The Morgan fingerprint density at radius 3 is 2.62 bits per heavy atom. The second-order valence-corrected chi connectivity index (χ2v) is 8.45. The van der Waals surface area contributed by atoms with Crippen molar-refractivity contribution in [2.75, 3.05) is 11.2 Å². The van der Waals surface area contributed by atoms with Gasteiger partial charge in [-0.1, -0.05) is 29.5 Å². The lowest BCUT2D eigenvalue weighted by Crippen LogP contribution is -2.30. The summed E-state index contributed by atoms with van der Waals surface area (Å²) in [5, 5.41) is 0.156. The van der Waals surface area contributed by atoms with Crippen LogP contribution in [-0.4, -0.2) is 25.1 Å². The molecule has 26 heavy (non-hydrogen) atoms. The number of carbonyl (C=O) groups excluding carboxylic acids is 1. The van der Waals surface area contributed by atoms with Gasteiger partial charge in [-0.25, -0.2) is 22.2 Å². The number of nitrogens with zero attached hydrogens (tertiary/aromatic N) is 1. The average Bonchev–Trinajstić information content (AvgIpc) is 3.02. The molecule has 136 valence electrons. The van der Waals surface area contributed by atoms with E-state index in [1.54, 1.807) is 18.2 Å². The second kappa shape index (κ2) is 7.34. The lowest BCUT2D eigenvalue weighted by Gasteiger charge is -2.06. The number of hydrazine groups is 1. The summed E-state index contributed by atoms with van der Waals surface area (Å²) in [7, 11) is -3.56. The SMILES string of the molecule is O=C(CCS(=O)(=O)c1ccccc1)NNc1nc2c(F)cc(F)cc2s1. The maximum atomic E-state index is 13.6. The van der Waals surface area contributed by atoms with Crippen molar-refractivity contribution < 1.29 is 22.0 Å². The molecule has 0 bridgehead atoms. The highest BCUT2D eigenvalue weighted by Crippen LogP contribution is 2.28. The molecule has 0 spiro atoms. The number of benzene rings is 2. The lowest BCUT2D eigenvalue weighted by molar-refractivity contribution is -0.120. The van der Waals surface area contributed by atoms with E-state index in [0.29, 0.717) is 0 Å². The molecule has 10 heteroatoms. The van der Waals surface area contributed by atoms with Gasteiger partial charge in [-0.15, -0.1) is 0 Å². The Morgan fingerprint density at radius 2 is 1.88 bits per heavy atom.